The van der Waals surface area contributed by atoms with Crippen LogP contribution in [0.4, 0.5) is 4.39 Å². The number of hydrogen-bond acceptors (Lipinski definition) is 3. The number of rotatable bonds is 3. The molecule has 0 radical (unpaired) electrons. The molecule has 2 aromatic rings. The predicted octanol–water partition coefficient (Wildman–Crippen LogP) is 3.38. The molecule has 0 amide bonds. The van der Waals surface area contributed by atoms with Gasteiger partial charge in [-0.05, 0) is 12.1 Å². The lowest BCUT2D eigenvalue weighted by Crippen LogP contribution is -1.89. The molecule has 5 heteroatoms. The fraction of sp³-hybridized carbons (Fsp3) is 0.182. The minimum absolute atomic E-state index is 0.382. The van der Waals surface area contributed by atoms with E-state index in [0.717, 1.165) is 0 Å². The molecule has 1 heterocycles. The Morgan fingerprint density at radius 2 is 2.31 bits per heavy atom. The number of hydrogen-bond donors (Lipinski definition) is 0. The minimum Gasteiger partial charge on any atom is -0.497 e. The van der Waals surface area contributed by atoms with Gasteiger partial charge in [-0.25, -0.2) is 9.37 Å². The summed E-state index contributed by atoms with van der Waals surface area (Å²) in [5, 5.41) is 0.518. The van der Waals surface area contributed by atoms with E-state index in [1.807, 2.05) is 0 Å². The average Bonchev–Trinajstić information content (AvgIpc) is 2.76. The van der Waals surface area contributed by atoms with Crippen molar-refractivity contribution in [2.75, 3.05) is 7.11 Å². The first kappa shape index (κ1) is 11.1. The van der Waals surface area contributed by atoms with Crippen molar-refractivity contribution in [3.63, 3.8) is 0 Å². The van der Waals surface area contributed by atoms with Crippen LogP contribution in [-0.2, 0) is 5.33 Å². The van der Waals surface area contributed by atoms with E-state index in [-0.39, 0.29) is 0 Å². The standard InChI is InChI=1S/C11H9BrFNO2/c1-15-7-2-3-8(9(13)4-7)11-10(5-12)14-6-16-11/h2-4,6H,5H2,1H3. The molecular formula is C11H9BrFNO2. The average molecular weight is 286 g/mol. The van der Waals surface area contributed by atoms with Gasteiger partial charge in [0.1, 0.15) is 11.6 Å². The summed E-state index contributed by atoms with van der Waals surface area (Å²) >= 11 is 3.27. The maximum absolute atomic E-state index is 13.7. The van der Waals surface area contributed by atoms with Crippen molar-refractivity contribution in [1.29, 1.82) is 0 Å². The summed E-state index contributed by atoms with van der Waals surface area (Å²) in [6.07, 6.45) is 1.30. The molecule has 0 saturated heterocycles. The normalized spacial score (nSPS) is 10.4. The third-order valence-electron chi connectivity index (χ3n) is 2.19. The molecule has 84 valence electrons. The Morgan fingerprint density at radius 3 is 2.94 bits per heavy atom. The van der Waals surface area contributed by atoms with Crippen LogP contribution < -0.4 is 4.74 Å². The van der Waals surface area contributed by atoms with Crippen LogP contribution in [0.5, 0.6) is 5.75 Å². The van der Waals surface area contributed by atoms with E-state index < -0.39 is 5.82 Å². The van der Waals surface area contributed by atoms with E-state index in [9.17, 15) is 4.39 Å². The maximum atomic E-state index is 13.7. The van der Waals surface area contributed by atoms with Crippen LogP contribution in [0.1, 0.15) is 5.69 Å². The molecule has 16 heavy (non-hydrogen) atoms. The zero-order valence-electron chi connectivity index (χ0n) is 8.54. The zero-order valence-corrected chi connectivity index (χ0v) is 10.1. The molecule has 0 bridgehead atoms. The Kier molecular flexibility index (Phi) is 3.24. The number of aromatic nitrogens is 1. The second kappa shape index (κ2) is 4.65. The summed E-state index contributed by atoms with van der Waals surface area (Å²) in [4.78, 5) is 3.98. The number of oxazole rings is 1. The van der Waals surface area contributed by atoms with Crippen molar-refractivity contribution >= 4 is 15.9 Å². The van der Waals surface area contributed by atoms with Crippen LogP contribution in [0, 0.1) is 5.82 Å². The van der Waals surface area contributed by atoms with E-state index in [0.29, 0.717) is 28.1 Å². The van der Waals surface area contributed by atoms with E-state index in [2.05, 4.69) is 20.9 Å². The molecule has 0 N–H and O–H groups in total. The number of halogens is 2. The highest BCUT2D eigenvalue weighted by Gasteiger charge is 2.14. The van der Waals surface area contributed by atoms with Gasteiger partial charge in [0.2, 0.25) is 0 Å². The van der Waals surface area contributed by atoms with E-state index in [1.165, 1.54) is 19.6 Å². The molecule has 1 aromatic heterocycles. The molecule has 0 spiro atoms. The Bertz CT molecular complexity index is 498. The number of methoxy groups -OCH3 is 1. The zero-order chi connectivity index (χ0) is 11.5. The Hall–Kier alpha value is -1.36. The van der Waals surface area contributed by atoms with E-state index >= 15 is 0 Å². The van der Waals surface area contributed by atoms with Crippen molar-refractivity contribution in [3.8, 4) is 17.1 Å². The van der Waals surface area contributed by atoms with E-state index in [1.54, 1.807) is 12.1 Å². The first-order valence-electron chi connectivity index (χ1n) is 4.58. The van der Waals surface area contributed by atoms with Gasteiger partial charge in [0.15, 0.2) is 12.2 Å². The predicted molar refractivity (Wildman–Crippen MR) is 61.1 cm³/mol. The summed E-state index contributed by atoms with van der Waals surface area (Å²) in [5.41, 5.74) is 1.05. The van der Waals surface area contributed by atoms with Crippen LogP contribution in [0.15, 0.2) is 29.0 Å². The van der Waals surface area contributed by atoms with Crippen molar-refractivity contribution in [1.82, 2.24) is 4.98 Å². The summed E-state index contributed by atoms with van der Waals surface area (Å²) in [5.74, 6) is 0.525. The lowest BCUT2D eigenvalue weighted by Gasteiger charge is -2.03. The van der Waals surface area contributed by atoms with Gasteiger partial charge in [-0.2, -0.15) is 0 Å². The van der Waals surface area contributed by atoms with E-state index in [4.69, 9.17) is 9.15 Å². The third-order valence-corrected chi connectivity index (χ3v) is 2.72. The number of benzene rings is 1. The van der Waals surface area contributed by atoms with Crippen LogP contribution in [-0.4, -0.2) is 12.1 Å². The molecule has 0 atom stereocenters. The Balaban J connectivity index is 2.48. The lowest BCUT2D eigenvalue weighted by molar-refractivity contribution is 0.411. The fourth-order valence-electron chi connectivity index (χ4n) is 1.39. The fourth-order valence-corrected chi connectivity index (χ4v) is 1.79. The van der Waals surface area contributed by atoms with Crippen LogP contribution >= 0.6 is 15.9 Å². The van der Waals surface area contributed by atoms with Gasteiger partial charge in [-0.3, -0.25) is 0 Å². The van der Waals surface area contributed by atoms with Crippen LogP contribution in [0.25, 0.3) is 11.3 Å². The molecule has 0 aliphatic heterocycles. The molecule has 2 rings (SSSR count). The van der Waals surface area contributed by atoms with Gasteiger partial charge in [0, 0.05) is 11.4 Å². The third kappa shape index (κ3) is 1.95. The summed E-state index contributed by atoms with van der Waals surface area (Å²) < 4.78 is 23.8. The monoisotopic (exact) mass is 285 g/mol. The first-order chi connectivity index (χ1) is 7.76. The van der Waals surface area contributed by atoms with Crippen LogP contribution in [0.2, 0.25) is 0 Å². The van der Waals surface area contributed by atoms with Gasteiger partial charge in [0.05, 0.1) is 18.4 Å². The molecule has 0 aliphatic carbocycles. The van der Waals surface area contributed by atoms with Gasteiger partial charge in [-0.1, -0.05) is 15.9 Å². The van der Waals surface area contributed by atoms with Crippen molar-refractivity contribution in [2.45, 2.75) is 5.33 Å². The van der Waals surface area contributed by atoms with Crippen molar-refractivity contribution in [2.24, 2.45) is 0 Å². The Labute approximate surface area is 100 Å². The topological polar surface area (TPSA) is 35.3 Å². The second-order valence-electron chi connectivity index (χ2n) is 3.11. The highest BCUT2D eigenvalue weighted by molar-refractivity contribution is 9.08. The highest BCUT2D eigenvalue weighted by Crippen LogP contribution is 2.29. The summed E-state index contributed by atoms with van der Waals surface area (Å²) in [6, 6.07) is 4.61. The number of ether oxygens (including phenoxy) is 1. The Morgan fingerprint density at radius 1 is 1.50 bits per heavy atom. The minimum atomic E-state index is -0.390. The SMILES string of the molecule is COc1ccc(-c2ocnc2CBr)c(F)c1. The van der Waals surface area contributed by atoms with Crippen LogP contribution in [0.3, 0.4) is 0 Å². The largest absolute Gasteiger partial charge is 0.497 e. The van der Waals surface area contributed by atoms with Gasteiger partial charge in [0.25, 0.3) is 0 Å². The lowest BCUT2D eigenvalue weighted by atomic mass is 10.1. The van der Waals surface area contributed by atoms with Gasteiger partial charge >= 0.3 is 0 Å². The maximum Gasteiger partial charge on any atom is 0.181 e. The summed E-state index contributed by atoms with van der Waals surface area (Å²) in [6.45, 7) is 0. The first-order valence-corrected chi connectivity index (χ1v) is 5.70. The molecule has 3 nitrogen and oxygen atoms in total. The number of nitrogens with zero attached hydrogens (tertiary/aromatic N) is 1. The number of alkyl halides is 1. The molecular weight excluding hydrogens is 277 g/mol. The molecule has 0 aliphatic rings. The van der Waals surface area contributed by atoms with Gasteiger partial charge < -0.3 is 9.15 Å². The molecule has 1 aromatic carbocycles. The summed E-state index contributed by atoms with van der Waals surface area (Å²) in [7, 11) is 1.49. The van der Waals surface area contributed by atoms with Crippen molar-refractivity contribution in [3.05, 3.63) is 36.1 Å². The highest BCUT2D eigenvalue weighted by atomic mass is 79.9. The smallest absolute Gasteiger partial charge is 0.181 e. The second-order valence-corrected chi connectivity index (χ2v) is 3.67. The molecule has 0 unspecified atom stereocenters. The van der Waals surface area contributed by atoms with Crippen molar-refractivity contribution < 1.29 is 13.5 Å². The quantitative estimate of drug-likeness (QED) is 0.811. The molecule has 0 fully saturated rings. The molecule has 0 saturated carbocycles. The van der Waals surface area contributed by atoms with Gasteiger partial charge in [-0.15, -0.1) is 0 Å².